The number of hydrogen-bond donors (Lipinski definition) is 2. The molecule has 0 bridgehead atoms. The van der Waals surface area contributed by atoms with Gasteiger partial charge in [-0.05, 0) is 69.4 Å². The van der Waals surface area contributed by atoms with E-state index < -0.39 is 0 Å². The van der Waals surface area contributed by atoms with E-state index in [9.17, 15) is 9.59 Å². The number of carbonyl (C=O) groups excluding carboxylic acids is 2. The maximum Gasteiger partial charge on any atom is 0.253 e. The molecule has 1 aliphatic heterocycles. The van der Waals surface area contributed by atoms with Gasteiger partial charge in [-0.1, -0.05) is 42.5 Å². The van der Waals surface area contributed by atoms with Crippen molar-refractivity contribution < 1.29 is 9.59 Å². The predicted molar refractivity (Wildman–Crippen MR) is 177 cm³/mol. The number of rotatable bonds is 9. The molecule has 10 nitrogen and oxygen atoms in total. The molecule has 10 heteroatoms. The molecule has 2 aromatic carbocycles. The molecular weight excluding hydrogens is 564 g/mol. The van der Waals surface area contributed by atoms with Crippen molar-refractivity contribution in [1.82, 2.24) is 29.4 Å². The second kappa shape index (κ2) is 13.5. The summed E-state index contributed by atoms with van der Waals surface area (Å²) in [5, 5.41) is 11.2. The Labute approximate surface area is 262 Å². The molecule has 6 rings (SSSR count). The van der Waals surface area contributed by atoms with Crippen molar-refractivity contribution >= 4 is 29.0 Å². The molecule has 228 valence electrons. The van der Waals surface area contributed by atoms with Crippen molar-refractivity contribution in [3.63, 3.8) is 0 Å². The summed E-state index contributed by atoms with van der Waals surface area (Å²) in [7, 11) is 3.88. The van der Waals surface area contributed by atoms with E-state index in [1.54, 1.807) is 36.5 Å². The minimum atomic E-state index is -0.204. The van der Waals surface area contributed by atoms with E-state index in [1.165, 1.54) is 6.08 Å². The summed E-state index contributed by atoms with van der Waals surface area (Å²) in [6.07, 6.45) is 8.78. The van der Waals surface area contributed by atoms with E-state index >= 15 is 0 Å². The molecule has 2 amide bonds. The third-order valence-electron chi connectivity index (χ3n) is 7.68. The zero-order chi connectivity index (χ0) is 31.2. The zero-order valence-corrected chi connectivity index (χ0v) is 25.4. The number of aromatic nitrogens is 4. The van der Waals surface area contributed by atoms with E-state index in [-0.39, 0.29) is 17.9 Å². The highest BCUT2D eigenvalue weighted by molar-refractivity contribution is 6.00. The van der Waals surface area contributed by atoms with E-state index in [4.69, 9.17) is 10.1 Å². The number of likely N-dealkylation sites (N-methyl/N-ethyl adjacent to an activating group) is 1. The quantitative estimate of drug-likeness (QED) is 0.223. The Morgan fingerprint density at radius 2 is 1.80 bits per heavy atom. The largest absolute Gasteiger partial charge is 0.350 e. The Morgan fingerprint density at radius 3 is 2.60 bits per heavy atom. The fraction of sp³-hybridized carbons (Fsp3) is 0.229. The van der Waals surface area contributed by atoms with Crippen LogP contribution in [0.3, 0.4) is 0 Å². The van der Waals surface area contributed by atoms with Crippen LogP contribution in [0.15, 0.2) is 103 Å². The lowest BCUT2D eigenvalue weighted by Crippen LogP contribution is -2.45. The molecule has 0 radical (unpaired) electrons. The van der Waals surface area contributed by atoms with Crippen LogP contribution in [0.1, 0.15) is 23.2 Å². The van der Waals surface area contributed by atoms with Crippen LogP contribution in [0, 0.1) is 0 Å². The topological polar surface area (TPSA) is 108 Å². The van der Waals surface area contributed by atoms with Gasteiger partial charge in [0.2, 0.25) is 11.9 Å². The van der Waals surface area contributed by atoms with Crippen LogP contribution in [0.4, 0.5) is 11.6 Å². The summed E-state index contributed by atoms with van der Waals surface area (Å²) in [6.45, 7) is 1.89. The Balaban J connectivity index is 1.14. The zero-order valence-electron chi connectivity index (χ0n) is 25.4. The predicted octanol–water partition coefficient (Wildman–Crippen LogP) is 5.23. The van der Waals surface area contributed by atoms with Crippen molar-refractivity contribution in [2.45, 2.75) is 18.9 Å². The van der Waals surface area contributed by atoms with Crippen LogP contribution >= 0.6 is 0 Å². The van der Waals surface area contributed by atoms with Crippen LogP contribution in [0.25, 0.3) is 28.0 Å². The molecule has 5 aromatic rings. The maximum atomic E-state index is 13.4. The van der Waals surface area contributed by atoms with Gasteiger partial charge < -0.3 is 20.4 Å². The first kappa shape index (κ1) is 29.7. The number of nitrogens with zero attached hydrogens (tertiary/aromatic N) is 6. The van der Waals surface area contributed by atoms with Gasteiger partial charge in [0.25, 0.3) is 5.91 Å². The minimum absolute atomic E-state index is 0.00274. The second-order valence-corrected chi connectivity index (χ2v) is 11.4. The number of pyridine rings is 1. The van der Waals surface area contributed by atoms with E-state index in [2.05, 4.69) is 15.6 Å². The minimum Gasteiger partial charge on any atom is -0.350 e. The molecule has 0 aliphatic carbocycles. The molecule has 1 saturated heterocycles. The van der Waals surface area contributed by atoms with E-state index in [1.807, 2.05) is 89.2 Å². The van der Waals surface area contributed by atoms with Gasteiger partial charge in [-0.15, -0.1) is 0 Å². The second-order valence-electron chi connectivity index (χ2n) is 11.4. The monoisotopic (exact) mass is 600 g/mol. The highest BCUT2D eigenvalue weighted by Gasteiger charge is 2.25. The molecule has 1 atom stereocenters. The Morgan fingerprint density at radius 1 is 1.00 bits per heavy atom. The molecule has 1 fully saturated rings. The van der Waals surface area contributed by atoms with E-state index in [0.717, 1.165) is 40.9 Å². The fourth-order valence-corrected chi connectivity index (χ4v) is 5.51. The van der Waals surface area contributed by atoms with Crippen molar-refractivity contribution in [3.05, 3.63) is 109 Å². The number of nitrogens with one attached hydrogen (secondary N) is 2. The standard InChI is InChI=1S/C35H36N8O2/c1-41(2)21-9-14-31(44)37-27-17-15-26(16-18-27)34(45)42-22-8-12-28(24-42)38-35-36-20-19-29(39-35)32-30-13-6-7-23-43(30)40-33(32)25-10-4-3-5-11-25/h3-7,9-11,13-20,23,28H,8,12,21-22,24H2,1-2H3,(H,37,44)(H,36,38,39)/b14-9+/t28-/m0/s1. The number of piperidine rings is 1. The molecule has 2 N–H and O–H groups in total. The summed E-state index contributed by atoms with van der Waals surface area (Å²) >= 11 is 0. The van der Waals surface area contributed by atoms with Gasteiger partial charge in [0.1, 0.15) is 5.69 Å². The van der Waals surface area contributed by atoms with Gasteiger partial charge in [0.15, 0.2) is 0 Å². The average molecular weight is 601 g/mol. The average Bonchev–Trinajstić information content (AvgIpc) is 3.45. The maximum absolute atomic E-state index is 13.4. The van der Waals surface area contributed by atoms with Crippen molar-refractivity contribution in [2.24, 2.45) is 0 Å². The van der Waals surface area contributed by atoms with Gasteiger partial charge in [0, 0.05) is 61.0 Å². The Hall–Kier alpha value is -5.35. The smallest absolute Gasteiger partial charge is 0.253 e. The molecule has 0 spiro atoms. The molecule has 1 aliphatic rings. The summed E-state index contributed by atoms with van der Waals surface area (Å²) in [5.41, 5.74) is 5.76. The van der Waals surface area contributed by atoms with Gasteiger partial charge in [-0.3, -0.25) is 9.59 Å². The van der Waals surface area contributed by atoms with Crippen molar-refractivity contribution in [2.75, 3.05) is 44.4 Å². The number of likely N-dealkylation sites (tertiary alicyclic amines) is 1. The van der Waals surface area contributed by atoms with Crippen LogP contribution < -0.4 is 10.6 Å². The van der Waals surface area contributed by atoms with Gasteiger partial charge in [-0.25, -0.2) is 14.5 Å². The van der Waals surface area contributed by atoms with Crippen LogP contribution in [-0.4, -0.2) is 81.0 Å². The first-order valence-electron chi connectivity index (χ1n) is 15.1. The van der Waals surface area contributed by atoms with Gasteiger partial charge in [0.05, 0.1) is 16.8 Å². The Kier molecular flexibility index (Phi) is 8.93. The third kappa shape index (κ3) is 7.08. The lowest BCUT2D eigenvalue weighted by atomic mass is 10.0. The number of benzene rings is 2. The number of carbonyl (C=O) groups is 2. The molecule has 45 heavy (non-hydrogen) atoms. The number of hydrogen-bond acceptors (Lipinski definition) is 7. The summed E-state index contributed by atoms with van der Waals surface area (Å²) < 4.78 is 1.88. The summed E-state index contributed by atoms with van der Waals surface area (Å²) in [5.74, 6) is 0.268. The molecule has 4 heterocycles. The lowest BCUT2D eigenvalue weighted by Gasteiger charge is -2.33. The molecule has 0 saturated carbocycles. The SMILES string of the molecule is CN(C)C/C=C/C(=O)Nc1ccc(C(=O)N2CCC[C@H](Nc3nccc(-c4c(-c5ccccc5)nn5ccccc45)n3)C2)cc1. The number of anilines is 2. The highest BCUT2D eigenvalue weighted by atomic mass is 16.2. The molecule has 3 aromatic heterocycles. The first-order chi connectivity index (χ1) is 21.9. The third-order valence-corrected chi connectivity index (χ3v) is 7.68. The fourth-order valence-electron chi connectivity index (χ4n) is 5.51. The van der Waals surface area contributed by atoms with Crippen LogP contribution in [0.5, 0.6) is 0 Å². The Bertz CT molecular complexity index is 1820. The lowest BCUT2D eigenvalue weighted by molar-refractivity contribution is -0.111. The van der Waals surface area contributed by atoms with E-state index in [0.29, 0.717) is 36.8 Å². The molecular formula is C35H36N8O2. The summed E-state index contributed by atoms with van der Waals surface area (Å²) in [4.78, 5) is 38.8. The first-order valence-corrected chi connectivity index (χ1v) is 15.1. The van der Waals surface area contributed by atoms with Crippen LogP contribution in [-0.2, 0) is 4.79 Å². The van der Waals surface area contributed by atoms with Gasteiger partial charge >= 0.3 is 0 Å². The normalized spacial score (nSPS) is 15.1. The highest BCUT2D eigenvalue weighted by Crippen LogP contribution is 2.34. The van der Waals surface area contributed by atoms with Crippen LogP contribution in [0.2, 0.25) is 0 Å². The van der Waals surface area contributed by atoms with Gasteiger partial charge in [-0.2, -0.15) is 5.10 Å². The van der Waals surface area contributed by atoms with Crippen molar-refractivity contribution in [1.29, 1.82) is 0 Å². The number of amides is 2. The summed E-state index contributed by atoms with van der Waals surface area (Å²) in [6, 6.07) is 25.0. The molecule has 0 unspecified atom stereocenters. The van der Waals surface area contributed by atoms with Crippen molar-refractivity contribution in [3.8, 4) is 22.5 Å². The number of fused-ring (bicyclic) bond motifs is 1.